The fourth-order valence-electron chi connectivity index (χ4n) is 6.41. The van der Waals surface area contributed by atoms with Crippen LogP contribution in [-0.4, -0.2) is 99.8 Å². The number of ether oxygens (including phenoxy) is 1. The lowest BCUT2D eigenvalue weighted by molar-refractivity contribution is 0.0619. The number of carbonyl (C=O) groups excluding carboxylic acids is 1. The first-order chi connectivity index (χ1) is 21.8. The molecule has 2 saturated heterocycles. The predicted molar refractivity (Wildman–Crippen MR) is 174 cm³/mol. The third-order valence-electron chi connectivity index (χ3n) is 9.04. The van der Waals surface area contributed by atoms with Gasteiger partial charge in [0.25, 0.3) is 5.91 Å². The van der Waals surface area contributed by atoms with Crippen LogP contribution in [0.5, 0.6) is 5.75 Å². The first kappa shape index (κ1) is 30.8. The van der Waals surface area contributed by atoms with Gasteiger partial charge in [-0.3, -0.25) is 9.69 Å². The number of piperidine rings is 1. The van der Waals surface area contributed by atoms with E-state index in [9.17, 15) is 10.1 Å². The molecular formula is C33H38ClN9O2. The Hall–Kier alpha value is -4.24. The summed E-state index contributed by atoms with van der Waals surface area (Å²) >= 11 is 6.35. The molecule has 11 nitrogen and oxygen atoms in total. The summed E-state index contributed by atoms with van der Waals surface area (Å²) in [6.07, 6.45) is 8.30. The Labute approximate surface area is 268 Å². The van der Waals surface area contributed by atoms with E-state index in [1.807, 2.05) is 31.3 Å². The van der Waals surface area contributed by atoms with E-state index in [4.69, 9.17) is 21.3 Å². The topological polar surface area (TPSA) is 115 Å². The van der Waals surface area contributed by atoms with Crippen molar-refractivity contribution in [1.82, 2.24) is 34.7 Å². The van der Waals surface area contributed by atoms with Crippen molar-refractivity contribution in [1.29, 1.82) is 5.26 Å². The molecular weight excluding hydrogens is 590 g/mol. The van der Waals surface area contributed by atoms with Gasteiger partial charge >= 0.3 is 0 Å². The van der Waals surface area contributed by atoms with Gasteiger partial charge in [-0.15, -0.1) is 0 Å². The lowest BCUT2D eigenvalue weighted by Crippen LogP contribution is -2.63. The number of piperazine rings is 1. The maximum Gasteiger partial charge on any atom is 0.271 e. The van der Waals surface area contributed by atoms with Gasteiger partial charge < -0.3 is 19.9 Å². The van der Waals surface area contributed by atoms with Crippen molar-refractivity contribution in [2.24, 2.45) is 0 Å². The van der Waals surface area contributed by atoms with Gasteiger partial charge in [0, 0.05) is 68.8 Å². The average molecular weight is 628 g/mol. The number of likely N-dealkylation sites (N-methyl/N-ethyl adjacent to an activating group) is 1. The van der Waals surface area contributed by atoms with E-state index in [0.717, 1.165) is 74.6 Å². The molecule has 1 amide bonds. The van der Waals surface area contributed by atoms with E-state index in [1.165, 1.54) is 0 Å². The van der Waals surface area contributed by atoms with Gasteiger partial charge in [-0.25, -0.2) is 14.5 Å². The number of carbonyl (C=O) groups is 1. The Balaban J connectivity index is 1.22. The van der Waals surface area contributed by atoms with Crippen LogP contribution in [0.1, 0.15) is 42.7 Å². The highest BCUT2D eigenvalue weighted by Crippen LogP contribution is 2.33. The van der Waals surface area contributed by atoms with Crippen LogP contribution < -0.4 is 15.0 Å². The standard InChI is InChI=1S/C33H38ClN9O2/c1-4-45-26-16-27(31-25(17-35)19-38-43(31)21-26)24-7-8-29(37-18-24)42-12-9-33(10-13-42,22-41-15-14-40(3)23(2)20-41)39-32(44)30-28(34)6-5-11-36-30/h5-8,11,16,18-19,21,23H,4,9-10,12-15,20,22H2,1-3H3,(H,39,44). The summed E-state index contributed by atoms with van der Waals surface area (Å²) in [5, 5.41) is 17.8. The number of anilines is 1. The Kier molecular flexibility index (Phi) is 8.90. The number of pyridine rings is 3. The first-order valence-electron chi connectivity index (χ1n) is 15.4. The average Bonchev–Trinajstić information content (AvgIpc) is 3.46. The van der Waals surface area contributed by atoms with Crippen molar-refractivity contribution in [2.75, 3.05) is 57.8 Å². The van der Waals surface area contributed by atoms with Gasteiger partial charge in [-0.2, -0.15) is 10.4 Å². The van der Waals surface area contributed by atoms with Crippen LogP contribution in [0, 0.1) is 11.3 Å². The molecule has 0 bridgehead atoms. The molecule has 0 aliphatic carbocycles. The summed E-state index contributed by atoms with van der Waals surface area (Å²) in [6.45, 7) is 9.83. The van der Waals surface area contributed by atoms with E-state index < -0.39 is 5.54 Å². The molecule has 1 N–H and O–H groups in total. The van der Waals surface area contributed by atoms with Crippen molar-refractivity contribution in [3.05, 3.63) is 71.4 Å². The number of nitrogens with zero attached hydrogens (tertiary/aromatic N) is 8. The number of rotatable bonds is 8. The number of fused-ring (bicyclic) bond motifs is 1. The highest BCUT2D eigenvalue weighted by molar-refractivity contribution is 6.33. The largest absolute Gasteiger partial charge is 0.492 e. The van der Waals surface area contributed by atoms with Crippen molar-refractivity contribution >= 4 is 28.8 Å². The normalized spacial score (nSPS) is 18.9. The highest BCUT2D eigenvalue weighted by atomic mass is 35.5. The number of hydrogen-bond acceptors (Lipinski definition) is 9. The van der Waals surface area contributed by atoms with Gasteiger partial charge in [-0.1, -0.05) is 11.6 Å². The minimum absolute atomic E-state index is 0.240. The van der Waals surface area contributed by atoms with Crippen LogP contribution >= 0.6 is 11.6 Å². The number of nitriles is 1. The molecule has 0 radical (unpaired) electrons. The van der Waals surface area contributed by atoms with Gasteiger partial charge in [0.05, 0.1) is 40.6 Å². The molecule has 12 heteroatoms. The zero-order chi connectivity index (χ0) is 31.6. The number of halogens is 1. The number of hydrogen-bond donors (Lipinski definition) is 1. The Morgan fingerprint density at radius 3 is 2.69 bits per heavy atom. The lowest BCUT2D eigenvalue weighted by atomic mass is 9.86. The van der Waals surface area contributed by atoms with Gasteiger partial charge in [0.2, 0.25) is 0 Å². The minimum atomic E-state index is -0.426. The van der Waals surface area contributed by atoms with Crippen molar-refractivity contribution in [2.45, 2.75) is 38.3 Å². The van der Waals surface area contributed by atoms with Crippen LogP contribution in [0.25, 0.3) is 16.6 Å². The lowest BCUT2D eigenvalue weighted by Gasteiger charge is -2.47. The van der Waals surface area contributed by atoms with E-state index in [0.29, 0.717) is 29.0 Å². The number of nitrogens with one attached hydrogen (secondary N) is 1. The second kappa shape index (κ2) is 13.0. The zero-order valence-corrected chi connectivity index (χ0v) is 26.7. The van der Waals surface area contributed by atoms with Crippen LogP contribution in [0.4, 0.5) is 5.82 Å². The van der Waals surface area contributed by atoms with Crippen molar-refractivity contribution < 1.29 is 9.53 Å². The van der Waals surface area contributed by atoms with Gasteiger partial charge in [-0.05, 0) is 64.1 Å². The van der Waals surface area contributed by atoms with Crippen molar-refractivity contribution in [3.8, 4) is 22.9 Å². The molecule has 234 valence electrons. The molecule has 6 rings (SSSR count). The molecule has 0 spiro atoms. The van der Waals surface area contributed by atoms with Crippen LogP contribution in [0.3, 0.4) is 0 Å². The summed E-state index contributed by atoms with van der Waals surface area (Å²) in [5.41, 5.74) is 2.76. The fourth-order valence-corrected chi connectivity index (χ4v) is 6.62. The molecule has 45 heavy (non-hydrogen) atoms. The first-order valence-corrected chi connectivity index (χ1v) is 15.8. The van der Waals surface area contributed by atoms with Crippen LogP contribution in [-0.2, 0) is 0 Å². The van der Waals surface area contributed by atoms with Gasteiger partial charge in [0.15, 0.2) is 0 Å². The summed E-state index contributed by atoms with van der Waals surface area (Å²) in [5.74, 6) is 1.30. The molecule has 1 atom stereocenters. The zero-order valence-electron chi connectivity index (χ0n) is 25.9. The second-order valence-corrected chi connectivity index (χ2v) is 12.4. The molecule has 2 aliphatic rings. The van der Waals surface area contributed by atoms with E-state index >= 15 is 0 Å². The maximum atomic E-state index is 13.5. The molecule has 2 aliphatic heterocycles. The third kappa shape index (κ3) is 6.45. The second-order valence-electron chi connectivity index (χ2n) is 12.0. The molecule has 6 heterocycles. The highest BCUT2D eigenvalue weighted by Gasteiger charge is 2.39. The molecule has 1 unspecified atom stereocenters. The summed E-state index contributed by atoms with van der Waals surface area (Å²) in [4.78, 5) is 29.7. The monoisotopic (exact) mass is 627 g/mol. The van der Waals surface area contributed by atoms with E-state index in [1.54, 1.807) is 35.2 Å². The van der Waals surface area contributed by atoms with Gasteiger partial charge in [0.1, 0.15) is 23.3 Å². The number of amides is 1. The third-order valence-corrected chi connectivity index (χ3v) is 9.35. The molecule has 4 aromatic heterocycles. The Morgan fingerprint density at radius 2 is 2.00 bits per heavy atom. The number of aromatic nitrogens is 4. The van der Waals surface area contributed by atoms with E-state index in [2.05, 4.69) is 50.1 Å². The minimum Gasteiger partial charge on any atom is -0.492 e. The Morgan fingerprint density at radius 1 is 1.18 bits per heavy atom. The molecule has 0 aromatic carbocycles. The quantitative estimate of drug-likeness (QED) is 0.308. The predicted octanol–water partition coefficient (Wildman–Crippen LogP) is 4.12. The van der Waals surface area contributed by atoms with Crippen LogP contribution in [0.2, 0.25) is 5.02 Å². The smallest absolute Gasteiger partial charge is 0.271 e. The SMILES string of the molecule is CCOc1cc(-c2ccc(N3CCC(CN4CCN(C)C(C)C4)(NC(=O)c4ncccc4Cl)CC3)nc2)c2c(C#N)cnn2c1. The molecule has 4 aromatic rings. The maximum absolute atomic E-state index is 13.5. The van der Waals surface area contributed by atoms with Crippen molar-refractivity contribution in [3.63, 3.8) is 0 Å². The summed E-state index contributed by atoms with van der Waals surface area (Å²) < 4.78 is 7.45. The van der Waals surface area contributed by atoms with E-state index in [-0.39, 0.29) is 11.6 Å². The Bertz CT molecular complexity index is 1710. The summed E-state index contributed by atoms with van der Waals surface area (Å²) in [7, 11) is 2.16. The van der Waals surface area contributed by atoms with Crippen LogP contribution in [0.15, 0.2) is 55.1 Å². The molecule has 2 fully saturated rings. The molecule has 0 saturated carbocycles. The fraction of sp³-hybridized carbons (Fsp3) is 0.424. The summed E-state index contributed by atoms with van der Waals surface area (Å²) in [6, 6.07) is 12.1.